The van der Waals surface area contributed by atoms with Crippen LogP contribution in [0.2, 0.25) is 0 Å². The van der Waals surface area contributed by atoms with Gasteiger partial charge in [-0.25, -0.2) is 4.72 Å². The number of aromatic nitrogens is 1. The molecule has 7 rings (SSSR count). The molecule has 0 saturated heterocycles. The van der Waals surface area contributed by atoms with E-state index in [1.807, 2.05) is 18.2 Å². The molecule has 3 aliphatic carbocycles. The predicted molar refractivity (Wildman–Crippen MR) is 193 cm³/mol. The Labute approximate surface area is 291 Å². The zero-order valence-electron chi connectivity index (χ0n) is 30.1. The highest BCUT2D eigenvalue weighted by atomic mass is 32.2. The van der Waals surface area contributed by atoms with E-state index in [1.54, 1.807) is 13.2 Å². The fourth-order valence-electron chi connectivity index (χ4n) is 9.59. The molecule has 0 bridgehead atoms. The number of methoxy groups -OCH3 is 1. The van der Waals surface area contributed by atoms with E-state index in [0.29, 0.717) is 24.3 Å². The Hall–Kier alpha value is -3.37. The van der Waals surface area contributed by atoms with Crippen molar-refractivity contribution in [3.63, 3.8) is 0 Å². The topological polar surface area (TPSA) is 110 Å². The number of hydrogen-bond acceptors (Lipinski definition) is 5. The van der Waals surface area contributed by atoms with Crippen molar-refractivity contribution in [3.05, 3.63) is 53.1 Å². The fraction of sp³-hybridized carbons (Fsp3) is 0.590. The molecule has 3 fully saturated rings. The van der Waals surface area contributed by atoms with Crippen LogP contribution < -0.4 is 14.8 Å². The molecule has 49 heavy (non-hydrogen) atoms. The van der Waals surface area contributed by atoms with E-state index >= 15 is 0 Å². The van der Waals surface area contributed by atoms with Gasteiger partial charge in [0.1, 0.15) is 5.75 Å². The molecule has 3 saturated carbocycles. The third-order valence-corrected chi connectivity index (χ3v) is 14.4. The van der Waals surface area contributed by atoms with Gasteiger partial charge in [0, 0.05) is 54.6 Å². The molecule has 1 aromatic heterocycles. The van der Waals surface area contributed by atoms with Crippen molar-refractivity contribution in [2.45, 2.75) is 103 Å². The van der Waals surface area contributed by atoms with Crippen molar-refractivity contribution in [1.82, 2.24) is 18.9 Å². The Morgan fingerprint density at radius 3 is 2.41 bits per heavy atom. The van der Waals surface area contributed by atoms with Gasteiger partial charge in [0.05, 0.1) is 18.2 Å². The monoisotopic (exact) mass is 688 g/mol. The first-order valence-electron chi connectivity index (χ1n) is 18.1. The lowest BCUT2D eigenvalue weighted by Crippen LogP contribution is -2.46. The Kier molecular flexibility index (Phi) is 8.45. The quantitative estimate of drug-likeness (QED) is 0.266. The lowest BCUT2D eigenvalue weighted by molar-refractivity contribution is -0.128. The maximum atomic E-state index is 14.7. The minimum atomic E-state index is -3.97. The number of fused-ring (bicyclic) bond motifs is 7. The normalized spacial score (nSPS) is 26.7. The minimum absolute atomic E-state index is 0.0335. The molecular formula is C39H52N4O5S. The van der Waals surface area contributed by atoms with Crippen molar-refractivity contribution in [1.29, 1.82) is 0 Å². The average Bonchev–Trinajstić information content (AvgIpc) is 3.66. The van der Waals surface area contributed by atoms with Crippen LogP contribution in [0.4, 0.5) is 0 Å². The standard InChI is InChI=1S/C39H52N4O5S/c1-23-13-18-31(38(23,3)4)24(2)40-37(45)39-21-32(39)30-20-27(48-7)15-17-28(30)35-34(25-11-9-8-10-12-25)29-16-14-26(19-33(29)43(35)22-39)36(44)41-49(46,47)42(5)6/h14-17,19-20,23-25,31-32H,8-13,18,21-22H2,1-7H3,(H,40,45)(H,41,44)/t23?,24-,31?,32-,39-/m0/s1. The first kappa shape index (κ1) is 34.1. The summed E-state index contributed by atoms with van der Waals surface area (Å²) in [5.41, 5.74) is 5.29. The molecule has 0 spiro atoms. The van der Waals surface area contributed by atoms with E-state index in [2.05, 4.69) is 54.4 Å². The van der Waals surface area contributed by atoms with Crippen molar-refractivity contribution >= 4 is 32.9 Å². The highest BCUT2D eigenvalue weighted by Gasteiger charge is 2.63. The van der Waals surface area contributed by atoms with Crippen LogP contribution in [0, 0.1) is 22.7 Å². The summed E-state index contributed by atoms with van der Waals surface area (Å²) in [7, 11) is 0.492. The minimum Gasteiger partial charge on any atom is -0.497 e. The van der Waals surface area contributed by atoms with Gasteiger partial charge < -0.3 is 14.6 Å². The van der Waals surface area contributed by atoms with E-state index < -0.39 is 21.5 Å². The molecule has 4 aliphatic rings. The molecule has 2 amide bonds. The van der Waals surface area contributed by atoms with Gasteiger partial charge in [0.15, 0.2) is 0 Å². The summed E-state index contributed by atoms with van der Waals surface area (Å²) in [5, 5.41) is 4.60. The van der Waals surface area contributed by atoms with Gasteiger partial charge in [-0.3, -0.25) is 9.59 Å². The van der Waals surface area contributed by atoms with E-state index in [-0.39, 0.29) is 28.8 Å². The second kappa shape index (κ2) is 12.1. The van der Waals surface area contributed by atoms with Crippen LogP contribution in [-0.2, 0) is 21.5 Å². The smallest absolute Gasteiger partial charge is 0.303 e. The molecular weight excluding hydrogens is 637 g/mol. The molecule has 2 N–H and O–H groups in total. The maximum Gasteiger partial charge on any atom is 0.303 e. The van der Waals surface area contributed by atoms with Crippen LogP contribution >= 0.6 is 0 Å². The molecule has 264 valence electrons. The number of ether oxygens (including phenoxy) is 1. The summed E-state index contributed by atoms with van der Waals surface area (Å²) in [6.07, 6.45) is 8.74. The predicted octanol–water partition coefficient (Wildman–Crippen LogP) is 6.97. The number of amides is 2. The van der Waals surface area contributed by atoms with Crippen LogP contribution in [0.3, 0.4) is 0 Å². The van der Waals surface area contributed by atoms with Crippen molar-refractivity contribution in [2.24, 2.45) is 22.7 Å². The molecule has 9 nitrogen and oxygen atoms in total. The SMILES string of the molecule is COc1ccc2c(c1)[C@@H]1C[C@]1(C(=O)N[C@@H](C)C1CCC(C)C1(C)C)Cn1c-2c(C2CCCCC2)c2ccc(C(=O)NS(=O)(=O)N(C)C)cc21. The number of hydrogen-bond donors (Lipinski definition) is 2. The average molecular weight is 689 g/mol. The number of nitrogens with one attached hydrogen (secondary N) is 2. The summed E-state index contributed by atoms with van der Waals surface area (Å²) in [6.45, 7) is 9.67. The molecule has 1 aliphatic heterocycles. The maximum absolute atomic E-state index is 14.7. The van der Waals surface area contributed by atoms with E-state index in [1.165, 1.54) is 32.5 Å². The molecule has 2 unspecified atom stereocenters. The first-order valence-corrected chi connectivity index (χ1v) is 19.5. The van der Waals surface area contributed by atoms with Gasteiger partial charge in [-0.05, 0) is 104 Å². The van der Waals surface area contributed by atoms with Crippen molar-refractivity contribution < 1.29 is 22.7 Å². The Balaban J connectivity index is 1.38. The van der Waals surface area contributed by atoms with E-state index in [4.69, 9.17) is 4.74 Å². The van der Waals surface area contributed by atoms with Gasteiger partial charge in [0.2, 0.25) is 5.91 Å². The third-order valence-electron chi connectivity index (χ3n) is 13.0. The number of carbonyl (C=O) groups is 2. The zero-order chi connectivity index (χ0) is 35.0. The van der Waals surface area contributed by atoms with E-state index in [0.717, 1.165) is 76.3 Å². The van der Waals surface area contributed by atoms with Crippen LogP contribution in [0.5, 0.6) is 5.75 Å². The zero-order valence-corrected chi connectivity index (χ0v) is 30.9. The summed E-state index contributed by atoms with van der Waals surface area (Å²) in [6, 6.07) is 11.9. The highest BCUT2D eigenvalue weighted by Crippen LogP contribution is 2.65. The Bertz CT molecular complexity index is 1920. The Morgan fingerprint density at radius 2 is 1.76 bits per heavy atom. The number of nitrogens with zero attached hydrogens (tertiary/aromatic N) is 2. The lowest BCUT2D eigenvalue weighted by atomic mass is 9.73. The second-order valence-corrected chi connectivity index (χ2v) is 18.1. The molecule has 2 heterocycles. The van der Waals surface area contributed by atoms with Crippen LogP contribution in [-0.4, -0.2) is 56.4 Å². The largest absolute Gasteiger partial charge is 0.497 e. The van der Waals surface area contributed by atoms with Crippen LogP contribution in [0.25, 0.3) is 22.2 Å². The molecule has 0 radical (unpaired) electrons. The first-order chi connectivity index (χ1) is 23.2. The van der Waals surface area contributed by atoms with Gasteiger partial charge >= 0.3 is 10.2 Å². The summed E-state index contributed by atoms with van der Waals surface area (Å²) >= 11 is 0. The van der Waals surface area contributed by atoms with Crippen LogP contribution in [0.15, 0.2) is 36.4 Å². The molecule has 3 aromatic rings. The molecule has 2 aromatic carbocycles. The number of carbonyl (C=O) groups excluding carboxylic acids is 2. The van der Waals surface area contributed by atoms with Gasteiger partial charge in [-0.1, -0.05) is 46.1 Å². The lowest BCUT2D eigenvalue weighted by Gasteiger charge is -2.36. The van der Waals surface area contributed by atoms with Crippen molar-refractivity contribution in [3.8, 4) is 17.0 Å². The highest BCUT2D eigenvalue weighted by molar-refractivity contribution is 7.87. The molecule has 10 heteroatoms. The second-order valence-electron chi connectivity index (χ2n) is 16.2. The Morgan fingerprint density at radius 1 is 1.02 bits per heavy atom. The van der Waals surface area contributed by atoms with Crippen LogP contribution in [0.1, 0.15) is 112 Å². The number of rotatable bonds is 8. The summed E-state index contributed by atoms with van der Waals surface area (Å²) in [4.78, 5) is 28.1. The fourth-order valence-corrected chi connectivity index (χ4v) is 10.1. The van der Waals surface area contributed by atoms with E-state index in [9.17, 15) is 18.0 Å². The summed E-state index contributed by atoms with van der Waals surface area (Å²) in [5.74, 6) is 1.58. The van der Waals surface area contributed by atoms with Crippen molar-refractivity contribution in [2.75, 3.05) is 21.2 Å². The van der Waals surface area contributed by atoms with Gasteiger partial charge in [-0.15, -0.1) is 0 Å². The summed E-state index contributed by atoms with van der Waals surface area (Å²) < 4.78 is 36.4. The number of benzene rings is 2. The van der Waals surface area contributed by atoms with Gasteiger partial charge in [0.25, 0.3) is 5.91 Å². The third kappa shape index (κ3) is 5.57. The molecule has 5 atom stereocenters. The van der Waals surface area contributed by atoms with Gasteiger partial charge in [-0.2, -0.15) is 12.7 Å².